The summed E-state index contributed by atoms with van der Waals surface area (Å²) in [5, 5.41) is 5.29. The molecular formula is C15H15BrFNO2S. The molecule has 1 unspecified atom stereocenters. The first-order valence-electron chi connectivity index (χ1n) is 6.37. The molecule has 112 valence electrons. The lowest BCUT2D eigenvalue weighted by Crippen LogP contribution is -2.23. The molecule has 1 aromatic carbocycles. The molecule has 0 saturated carbocycles. The largest absolute Gasteiger partial charge is 0.469 e. The van der Waals surface area contributed by atoms with Crippen molar-refractivity contribution in [2.45, 2.75) is 19.0 Å². The Hall–Kier alpha value is -1.24. The molecule has 3 nitrogen and oxygen atoms in total. The fourth-order valence-electron chi connectivity index (χ4n) is 1.91. The maximum absolute atomic E-state index is 13.1. The third kappa shape index (κ3) is 4.62. The van der Waals surface area contributed by atoms with Crippen molar-refractivity contribution in [2.75, 3.05) is 7.11 Å². The Bertz CT molecular complexity index is 604. The van der Waals surface area contributed by atoms with Gasteiger partial charge in [0.25, 0.3) is 0 Å². The first-order chi connectivity index (χ1) is 10.1. The third-order valence-corrected chi connectivity index (χ3v) is 4.76. The minimum atomic E-state index is -0.282. The Morgan fingerprint density at radius 1 is 1.48 bits per heavy atom. The van der Waals surface area contributed by atoms with Gasteiger partial charge in [0.1, 0.15) is 5.82 Å². The van der Waals surface area contributed by atoms with E-state index in [1.165, 1.54) is 19.2 Å². The van der Waals surface area contributed by atoms with Crippen LogP contribution in [0.5, 0.6) is 0 Å². The van der Waals surface area contributed by atoms with Gasteiger partial charge >= 0.3 is 5.97 Å². The van der Waals surface area contributed by atoms with Crippen LogP contribution in [0.2, 0.25) is 0 Å². The van der Waals surface area contributed by atoms with Gasteiger partial charge in [0.15, 0.2) is 0 Å². The second-order valence-corrected chi connectivity index (χ2v) is 6.30. The molecule has 1 atom stereocenters. The third-order valence-electron chi connectivity index (χ3n) is 3.04. The lowest BCUT2D eigenvalue weighted by atomic mass is 10.1. The van der Waals surface area contributed by atoms with Crippen LogP contribution in [-0.4, -0.2) is 13.1 Å². The summed E-state index contributed by atoms with van der Waals surface area (Å²) in [7, 11) is 1.38. The summed E-state index contributed by atoms with van der Waals surface area (Å²) in [6.45, 7) is 0.528. The molecule has 0 bridgehead atoms. The zero-order valence-electron chi connectivity index (χ0n) is 11.4. The Balaban J connectivity index is 2.06. The maximum atomic E-state index is 13.1. The monoisotopic (exact) mass is 371 g/mol. The maximum Gasteiger partial charge on any atom is 0.307 e. The van der Waals surface area contributed by atoms with Gasteiger partial charge in [-0.25, -0.2) is 4.39 Å². The average molecular weight is 372 g/mol. The second-order valence-electron chi connectivity index (χ2n) is 4.46. The molecule has 6 heteroatoms. The molecule has 0 amide bonds. The number of nitrogens with one attached hydrogen (secondary N) is 1. The van der Waals surface area contributed by atoms with Gasteiger partial charge in [0.05, 0.1) is 19.6 Å². The first kappa shape index (κ1) is 16.1. The molecule has 1 N–H and O–H groups in total. The van der Waals surface area contributed by atoms with Gasteiger partial charge in [-0.05, 0) is 29.1 Å². The predicted octanol–water partition coefficient (Wildman–Crippen LogP) is 4.04. The molecule has 2 aromatic rings. The van der Waals surface area contributed by atoms with E-state index in [2.05, 4.69) is 21.2 Å². The van der Waals surface area contributed by atoms with Gasteiger partial charge in [0, 0.05) is 15.9 Å². The molecule has 0 fully saturated rings. The standard InChI is InChI=1S/C15H15BrFNO2S/c1-20-15(19)8-13(14-3-2-6-21-14)18-9-10-4-5-11(17)7-12(10)16/h2-7,13,18H,8-9H2,1H3. The van der Waals surface area contributed by atoms with Crippen molar-refractivity contribution in [3.8, 4) is 0 Å². The van der Waals surface area contributed by atoms with E-state index in [4.69, 9.17) is 4.74 Å². The number of carbonyl (C=O) groups is 1. The summed E-state index contributed by atoms with van der Waals surface area (Å²) in [4.78, 5) is 12.6. The van der Waals surface area contributed by atoms with E-state index < -0.39 is 0 Å². The van der Waals surface area contributed by atoms with Crippen molar-refractivity contribution >= 4 is 33.2 Å². The number of thiophene rings is 1. The molecule has 0 aliphatic heterocycles. The van der Waals surface area contributed by atoms with Crippen LogP contribution >= 0.6 is 27.3 Å². The summed E-state index contributed by atoms with van der Waals surface area (Å²) in [6.07, 6.45) is 0.260. The van der Waals surface area contributed by atoms with Gasteiger partial charge in [0.2, 0.25) is 0 Å². The highest BCUT2D eigenvalue weighted by atomic mass is 79.9. The van der Waals surface area contributed by atoms with Crippen LogP contribution < -0.4 is 5.32 Å². The molecule has 1 heterocycles. The first-order valence-corrected chi connectivity index (χ1v) is 8.05. The van der Waals surface area contributed by atoms with Gasteiger partial charge in [-0.2, -0.15) is 0 Å². The van der Waals surface area contributed by atoms with Gasteiger partial charge < -0.3 is 10.1 Å². The van der Waals surface area contributed by atoms with E-state index in [1.54, 1.807) is 17.4 Å². The molecule has 0 spiro atoms. The Morgan fingerprint density at radius 3 is 2.90 bits per heavy atom. The van der Waals surface area contributed by atoms with Crippen LogP contribution in [0.15, 0.2) is 40.2 Å². The minimum Gasteiger partial charge on any atom is -0.469 e. The van der Waals surface area contributed by atoms with Crippen LogP contribution in [-0.2, 0) is 16.1 Å². The van der Waals surface area contributed by atoms with Gasteiger partial charge in [-0.1, -0.05) is 28.1 Å². The van der Waals surface area contributed by atoms with E-state index >= 15 is 0 Å². The van der Waals surface area contributed by atoms with Crippen molar-refractivity contribution < 1.29 is 13.9 Å². The zero-order chi connectivity index (χ0) is 15.2. The summed E-state index contributed by atoms with van der Waals surface area (Å²) in [6, 6.07) is 8.37. The fourth-order valence-corrected chi connectivity index (χ4v) is 3.20. The number of hydrogen-bond acceptors (Lipinski definition) is 4. The van der Waals surface area contributed by atoms with Crippen LogP contribution in [0.1, 0.15) is 22.9 Å². The number of hydrogen-bond donors (Lipinski definition) is 1. The number of carbonyl (C=O) groups excluding carboxylic acids is 1. The summed E-state index contributed by atoms with van der Waals surface area (Å²) < 4.78 is 18.5. The lowest BCUT2D eigenvalue weighted by molar-refractivity contribution is -0.141. The number of ether oxygens (including phenoxy) is 1. The van der Waals surface area contributed by atoms with Crippen molar-refractivity contribution in [2.24, 2.45) is 0 Å². The van der Waals surface area contributed by atoms with Gasteiger partial charge in [-0.15, -0.1) is 11.3 Å². The predicted molar refractivity (Wildman–Crippen MR) is 84.6 cm³/mol. The minimum absolute atomic E-state index is 0.116. The molecule has 0 saturated heterocycles. The second kappa shape index (κ2) is 7.68. The Labute approximate surface area is 135 Å². The molecular weight excluding hydrogens is 357 g/mol. The number of rotatable bonds is 6. The van der Waals surface area contributed by atoms with E-state index in [9.17, 15) is 9.18 Å². The van der Waals surface area contributed by atoms with Gasteiger partial charge in [-0.3, -0.25) is 4.79 Å². The highest BCUT2D eigenvalue weighted by Crippen LogP contribution is 2.24. The molecule has 21 heavy (non-hydrogen) atoms. The molecule has 1 aromatic heterocycles. The van der Waals surface area contributed by atoms with E-state index in [-0.39, 0.29) is 24.2 Å². The van der Waals surface area contributed by atoms with E-state index in [0.717, 1.165) is 10.4 Å². The van der Waals surface area contributed by atoms with Crippen molar-refractivity contribution in [3.63, 3.8) is 0 Å². The quantitative estimate of drug-likeness (QED) is 0.778. The number of methoxy groups -OCH3 is 1. The Morgan fingerprint density at radius 2 is 2.29 bits per heavy atom. The SMILES string of the molecule is COC(=O)CC(NCc1ccc(F)cc1Br)c1cccs1. The topological polar surface area (TPSA) is 38.3 Å². The van der Waals surface area contributed by atoms with Crippen LogP contribution in [0.3, 0.4) is 0 Å². The normalized spacial score (nSPS) is 12.1. The Kier molecular flexibility index (Phi) is 5.90. The zero-order valence-corrected chi connectivity index (χ0v) is 13.8. The number of benzene rings is 1. The molecule has 0 radical (unpaired) electrons. The summed E-state index contributed by atoms with van der Waals surface area (Å²) in [5.41, 5.74) is 0.933. The molecule has 2 rings (SSSR count). The van der Waals surface area contributed by atoms with Crippen molar-refractivity contribution in [3.05, 3.63) is 56.4 Å². The number of esters is 1. The highest BCUT2D eigenvalue weighted by molar-refractivity contribution is 9.10. The molecule has 0 aliphatic carbocycles. The summed E-state index contributed by atoms with van der Waals surface area (Å²) in [5.74, 6) is -0.547. The van der Waals surface area contributed by atoms with Crippen molar-refractivity contribution in [1.29, 1.82) is 0 Å². The number of halogens is 2. The van der Waals surface area contributed by atoms with E-state index in [0.29, 0.717) is 11.0 Å². The van der Waals surface area contributed by atoms with Crippen LogP contribution in [0.4, 0.5) is 4.39 Å². The highest BCUT2D eigenvalue weighted by Gasteiger charge is 2.17. The molecule has 0 aliphatic rings. The summed E-state index contributed by atoms with van der Waals surface area (Å²) >= 11 is 4.92. The fraction of sp³-hybridized carbons (Fsp3) is 0.267. The van der Waals surface area contributed by atoms with Crippen LogP contribution in [0.25, 0.3) is 0 Å². The van der Waals surface area contributed by atoms with E-state index in [1.807, 2.05) is 17.5 Å². The smallest absolute Gasteiger partial charge is 0.307 e. The van der Waals surface area contributed by atoms with Crippen LogP contribution in [0, 0.1) is 5.82 Å². The van der Waals surface area contributed by atoms with Crippen molar-refractivity contribution in [1.82, 2.24) is 5.32 Å². The lowest BCUT2D eigenvalue weighted by Gasteiger charge is -2.17. The average Bonchev–Trinajstić information content (AvgIpc) is 2.98.